The minimum atomic E-state index is -0.886. The van der Waals surface area contributed by atoms with Gasteiger partial charge in [-0.05, 0) is 72.2 Å². The largest absolute Gasteiger partial charge is 0.453 e. The van der Waals surface area contributed by atoms with Crippen molar-refractivity contribution in [3.05, 3.63) is 155 Å². The smallest absolute Gasteiger partial charge is 0.407 e. The van der Waals surface area contributed by atoms with Crippen LogP contribution in [0, 0.1) is 11.8 Å². The first kappa shape index (κ1) is 41.1. The molecule has 2 saturated heterocycles. The Morgan fingerprint density at radius 1 is 0.597 bits per heavy atom. The van der Waals surface area contributed by atoms with Gasteiger partial charge in [0, 0.05) is 24.2 Å². The number of amides is 4. The van der Waals surface area contributed by atoms with Gasteiger partial charge in [0.05, 0.1) is 50.1 Å². The molecule has 0 unspecified atom stereocenters. The number of aromatic amines is 2. The number of hydrogen-bond acceptors (Lipinski definition) is 8. The highest BCUT2D eigenvalue weighted by atomic mass is 16.5. The number of nitrogens with zero attached hydrogens (tertiary/aromatic N) is 4. The fourth-order valence-corrected chi connectivity index (χ4v) is 8.10. The molecule has 2 fully saturated rings. The number of ether oxygens (including phenoxy) is 2. The number of likely N-dealkylation sites (tertiary alicyclic amines) is 2. The molecular formula is C48H46N8O6. The molecule has 2 aromatic heterocycles. The fraction of sp³-hybridized carbons (Fsp3) is 0.250. The minimum Gasteiger partial charge on any atom is -0.453 e. The summed E-state index contributed by atoms with van der Waals surface area (Å²) in [5.74, 6) is 7.44. The van der Waals surface area contributed by atoms with Crippen molar-refractivity contribution in [1.29, 1.82) is 0 Å². The lowest BCUT2D eigenvalue weighted by Gasteiger charge is -2.28. The maximum Gasteiger partial charge on any atom is 0.407 e. The van der Waals surface area contributed by atoms with Crippen LogP contribution in [-0.4, -0.2) is 81.0 Å². The van der Waals surface area contributed by atoms with Gasteiger partial charge in [-0.2, -0.15) is 0 Å². The summed E-state index contributed by atoms with van der Waals surface area (Å²) in [6.07, 6.45) is 5.31. The van der Waals surface area contributed by atoms with Crippen molar-refractivity contribution in [3.8, 4) is 34.4 Å². The molecule has 14 nitrogen and oxygen atoms in total. The molecule has 4 N–H and O–H groups in total. The van der Waals surface area contributed by atoms with Crippen LogP contribution in [0.5, 0.6) is 0 Å². The number of benzene rings is 4. The van der Waals surface area contributed by atoms with Gasteiger partial charge in [-0.1, -0.05) is 96.8 Å². The van der Waals surface area contributed by atoms with E-state index in [-0.39, 0.29) is 23.9 Å². The first-order valence-corrected chi connectivity index (χ1v) is 20.5. The number of alkyl carbamates (subject to hydrolysis) is 2. The lowest BCUT2D eigenvalue weighted by Crippen LogP contribution is -2.42. The van der Waals surface area contributed by atoms with E-state index in [1.807, 2.05) is 109 Å². The molecule has 0 aliphatic carbocycles. The number of imidazole rings is 2. The van der Waals surface area contributed by atoms with E-state index in [0.29, 0.717) is 35.9 Å². The van der Waals surface area contributed by atoms with Crippen LogP contribution in [0.1, 0.15) is 83.8 Å². The zero-order valence-corrected chi connectivity index (χ0v) is 34.3. The summed E-state index contributed by atoms with van der Waals surface area (Å²) in [5, 5.41) is 5.41. The van der Waals surface area contributed by atoms with Crippen molar-refractivity contribution in [3.63, 3.8) is 0 Å². The Morgan fingerprint density at radius 3 is 1.35 bits per heavy atom. The van der Waals surface area contributed by atoms with Crippen molar-refractivity contribution >= 4 is 24.0 Å². The molecular weight excluding hydrogens is 785 g/mol. The Kier molecular flexibility index (Phi) is 12.4. The van der Waals surface area contributed by atoms with Crippen LogP contribution in [0.15, 0.2) is 122 Å². The highest BCUT2D eigenvalue weighted by Gasteiger charge is 2.38. The van der Waals surface area contributed by atoms with E-state index < -0.39 is 24.3 Å². The molecule has 4 atom stereocenters. The molecule has 6 aromatic rings. The number of aromatic nitrogens is 4. The van der Waals surface area contributed by atoms with E-state index >= 15 is 0 Å². The zero-order valence-electron chi connectivity index (χ0n) is 34.3. The third-order valence-electron chi connectivity index (χ3n) is 11.3. The highest BCUT2D eigenvalue weighted by Crippen LogP contribution is 2.36. The van der Waals surface area contributed by atoms with Crippen LogP contribution >= 0.6 is 0 Å². The fourth-order valence-electron chi connectivity index (χ4n) is 8.10. The van der Waals surface area contributed by atoms with Gasteiger partial charge in [-0.15, -0.1) is 0 Å². The molecule has 2 aliphatic heterocycles. The van der Waals surface area contributed by atoms with Crippen LogP contribution in [0.25, 0.3) is 22.5 Å². The maximum absolute atomic E-state index is 13.9. The number of hydrogen-bond donors (Lipinski definition) is 4. The number of H-pyrrole nitrogens is 2. The number of carbonyl (C=O) groups excluding carboxylic acids is 4. The van der Waals surface area contributed by atoms with Crippen LogP contribution < -0.4 is 10.6 Å². The van der Waals surface area contributed by atoms with Crippen LogP contribution in [-0.2, 0) is 19.1 Å². The predicted octanol–water partition coefficient (Wildman–Crippen LogP) is 7.39. The summed E-state index contributed by atoms with van der Waals surface area (Å²) >= 11 is 0. The molecule has 8 rings (SSSR count). The summed E-state index contributed by atoms with van der Waals surface area (Å²) in [4.78, 5) is 71.9. The van der Waals surface area contributed by atoms with Gasteiger partial charge in [0.15, 0.2) is 0 Å². The van der Waals surface area contributed by atoms with Crippen molar-refractivity contribution in [2.75, 3.05) is 27.3 Å². The number of nitrogens with one attached hydrogen (secondary N) is 4. The number of carbonyl (C=O) groups is 4. The summed E-state index contributed by atoms with van der Waals surface area (Å²) in [5.41, 5.74) is 6.55. The highest BCUT2D eigenvalue weighted by molar-refractivity contribution is 5.88. The standard InChI is InChI=1S/C48H46N8O6/c1-61-47(59)53-41(35-11-5-3-6-12-35)45(57)55-27-9-15-39(55)43-49-29-37(51-43)33-23-19-31(20-24-33)17-18-32-21-25-34(26-22-32)38-30-50-44(52-38)40-16-10-28-56(40)46(58)42(54-48(60)62-2)36-13-7-4-8-14-36/h3-8,11-14,19-26,29-30,39-42H,9-10,15-16,27-28H2,1-2H3,(H,49,51)(H,50,52)(H,53,59)(H,54,60)/t39-,40-,41+,42+/m0/s1. The van der Waals surface area contributed by atoms with Gasteiger partial charge in [0.2, 0.25) is 0 Å². The molecule has 62 heavy (non-hydrogen) atoms. The lowest BCUT2D eigenvalue weighted by molar-refractivity contribution is -0.135. The Labute approximate surface area is 359 Å². The normalized spacial score (nSPS) is 16.7. The molecule has 4 aromatic carbocycles. The van der Waals surface area contributed by atoms with Gasteiger partial charge in [0.25, 0.3) is 11.8 Å². The van der Waals surface area contributed by atoms with Crippen molar-refractivity contribution in [2.45, 2.75) is 49.9 Å². The summed E-state index contributed by atoms with van der Waals surface area (Å²) in [6, 6.07) is 31.8. The van der Waals surface area contributed by atoms with E-state index in [9.17, 15) is 19.2 Å². The van der Waals surface area contributed by atoms with E-state index in [1.165, 1.54) is 14.2 Å². The Balaban J connectivity index is 0.901. The second kappa shape index (κ2) is 18.7. The second-order valence-electron chi connectivity index (χ2n) is 15.1. The average Bonchev–Trinajstić information content (AvgIpc) is 4.17. The minimum absolute atomic E-state index is 0.221. The van der Waals surface area contributed by atoms with Crippen molar-refractivity contribution in [1.82, 2.24) is 40.4 Å². The Hall–Kier alpha value is -7.66. The molecule has 2 aliphatic rings. The molecule has 14 heteroatoms. The second-order valence-corrected chi connectivity index (χ2v) is 15.1. The summed E-state index contributed by atoms with van der Waals surface area (Å²) < 4.78 is 9.64. The first-order chi connectivity index (χ1) is 30.3. The number of methoxy groups -OCH3 is 2. The maximum atomic E-state index is 13.9. The predicted molar refractivity (Wildman–Crippen MR) is 231 cm³/mol. The third kappa shape index (κ3) is 9.07. The van der Waals surface area contributed by atoms with Crippen molar-refractivity contribution < 1.29 is 28.7 Å². The van der Waals surface area contributed by atoms with Gasteiger partial charge in [0.1, 0.15) is 23.7 Å². The van der Waals surface area contributed by atoms with Gasteiger partial charge < -0.3 is 39.9 Å². The Bertz CT molecular complexity index is 2400. The monoisotopic (exact) mass is 830 g/mol. The summed E-state index contributed by atoms with van der Waals surface area (Å²) in [6.45, 7) is 1.09. The van der Waals surface area contributed by atoms with Gasteiger partial charge in [-0.25, -0.2) is 19.6 Å². The average molecular weight is 831 g/mol. The quantitative estimate of drug-likeness (QED) is 0.103. The topological polar surface area (TPSA) is 175 Å². The molecule has 0 saturated carbocycles. The van der Waals surface area contributed by atoms with Crippen molar-refractivity contribution in [2.24, 2.45) is 0 Å². The van der Waals surface area contributed by atoms with E-state index in [0.717, 1.165) is 59.3 Å². The Morgan fingerprint density at radius 2 is 0.984 bits per heavy atom. The van der Waals surface area contributed by atoms with E-state index in [4.69, 9.17) is 9.47 Å². The van der Waals surface area contributed by atoms with Gasteiger partial charge >= 0.3 is 12.2 Å². The molecule has 4 amide bonds. The SMILES string of the molecule is COC(=O)N[C@@H](C(=O)N1CCC[C@H]1c1ncc(-c2ccc(C#Cc3ccc(-c4cnc([C@@H]5CCCN5C(=O)[C@H](NC(=O)OC)c5ccccc5)[nH]4)cc3)cc2)[nH]1)c1ccccc1. The third-order valence-corrected chi connectivity index (χ3v) is 11.3. The van der Waals surface area contributed by atoms with Gasteiger partial charge in [-0.3, -0.25) is 9.59 Å². The molecule has 0 spiro atoms. The molecule has 4 heterocycles. The van der Waals surface area contributed by atoms with Crippen LogP contribution in [0.2, 0.25) is 0 Å². The molecule has 0 radical (unpaired) electrons. The zero-order chi connectivity index (χ0) is 43.0. The lowest BCUT2D eigenvalue weighted by atomic mass is 10.1. The molecule has 0 bridgehead atoms. The van der Waals surface area contributed by atoms with Crippen LogP contribution in [0.3, 0.4) is 0 Å². The molecule has 314 valence electrons. The first-order valence-electron chi connectivity index (χ1n) is 20.5. The summed E-state index contributed by atoms with van der Waals surface area (Å²) in [7, 11) is 2.55. The van der Waals surface area contributed by atoms with E-state index in [1.54, 1.807) is 22.2 Å². The van der Waals surface area contributed by atoms with E-state index in [2.05, 4.69) is 42.4 Å². The number of rotatable bonds is 10. The van der Waals surface area contributed by atoms with Crippen LogP contribution in [0.4, 0.5) is 9.59 Å².